The minimum atomic E-state index is -0.608. The van der Waals surface area contributed by atoms with E-state index in [0.717, 1.165) is 0 Å². The maximum Gasteiger partial charge on any atom is 0.414 e. The van der Waals surface area contributed by atoms with Gasteiger partial charge in [-0.2, -0.15) is 0 Å². The molecule has 0 aliphatic heterocycles. The monoisotopic (exact) mass is 312 g/mol. The Morgan fingerprint density at radius 3 is 2.64 bits per heavy atom. The van der Waals surface area contributed by atoms with Crippen molar-refractivity contribution in [2.24, 2.45) is 0 Å². The summed E-state index contributed by atoms with van der Waals surface area (Å²) in [5.74, 6) is -1.07. The van der Waals surface area contributed by atoms with Gasteiger partial charge in [0.2, 0.25) is 0 Å². The normalized spacial score (nSPS) is 10.5. The maximum absolute atomic E-state index is 14.0. The second-order valence-electron chi connectivity index (χ2n) is 4.92. The first-order chi connectivity index (χ1) is 10.4. The number of carbonyl (C=O) groups excluding carboxylic acids is 2. The van der Waals surface area contributed by atoms with Gasteiger partial charge in [0.05, 0.1) is 18.3 Å². The van der Waals surface area contributed by atoms with Gasteiger partial charge < -0.3 is 14.8 Å². The number of hydrogen-bond donors (Lipinski definition) is 1. The number of benzene rings is 1. The molecule has 0 saturated carbocycles. The summed E-state index contributed by atoms with van der Waals surface area (Å²) >= 11 is 0. The van der Waals surface area contributed by atoms with E-state index in [1.165, 1.54) is 24.1 Å². The van der Waals surface area contributed by atoms with Gasteiger partial charge in [-0.05, 0) is 33.0 Å². The molecule has 0 atom stereocenters. The van der Waals surface area contributed by atoms with Crippen LogP contribution < -0.4 is 10.2 Å². The molecule has 1 amide bonds. The lowest BCUT2D eigenvalue weighted by atomic mass is 10.1. The SMILES string of the molecule is CNCC(=O)OCc1c(F)cccc1N(C)C(=O)OC(C)C. The molecule has 7 heteroatoms. The molecule has 1 N–H and O–H groups in total. The number of hydrogen-bond acceptors (Lipinski definition) is 5. The standard InChI is InChI=1S/C15H21FN2O4/c1-10(2)22-15(20)18(4)13-7-5-6-12(16)11(13)9-21-14(19)8-17-3/h5-7,10,17H,8-9H2,1-4H3. The lowest BCUT2D eigenvalue weighted by molar-refractivity contribution is -0.143. The predicted octanol–water partition coefficient (Wildman–Crippen LogP) is 2.07. The molecule has 0 heterocycles. The Kier molecular flexibility index (Phi) is 6.78. The van der Waals surface area contributed by atoms with Crippen LogP contribution in [-0.2, 0) is 20.9 Å². The molecule has 0 aliphatic rings. The van der Waals surface area contributed by atoms with Gasteiger partial charge in [-0.15, -0.1) is 0 Å². The van der Waals surface area contributed by atoms with Crippen molar-refractivity contribution in [1.82, 2.24) is 5.32 Å². The highest BCUT2D eigenvalue weighted by Crippen LogP contribution is 2.24. The number of esters is 1. The van der Waals surface area contributed by atoms with E-state index in [1.54, 1.807) is 27.0 Å². The molecule has 0 radical (unpaired) electrons. The van der Waals surface area contributed by atoms with Crippen molar-refractivity contribution in [2.45, 2.75) is 26.6 Å². The molecule has 0 bridgehead atoms. The summed E-state index contributed by atoms with van der Waals surface area (Å²) in [4.78, 5) is 24.5. The first kappa shape index (κ1) is 17.9. The van der Waals surface area contributed by atoms with Gasteiger partial charge in [0.25, 0.3) is 0 Å². The van der Waals surface area contributed by atoms with Gasteiger partial charge in [-0.3, -0.25) is 9.69 Å². The summed E-state index contributed by atoms with van der Waals surface area (Å²) in [5.41, 5.74) is 0.415. The van der Waals surface area contributed by atoms with Crippen molar-refractivity contribution in [2.75, 3.05) is 25.5 Å². The molecule has 6 nitrogen and oxygen atoms in total. The van der Waals surface area contributed by atoms with Gasteiger partial charge in [0.1, 0.15) is 12.4 Å². The molecular formula is C15H21FN2O4. The van der Waals surface area contributed by atoms with Crippen LogP contribution in [0.5, 0.6) is 0 Å². The van der Waals surface area contributed by atoms with Gasteiger partial charge in [-0.25, -0.2) is 9.18 Å². The Labute approximate surface area is 129 Å². The van der Waals surface area contributed by atoms with Gasteiger partial charge in [0, 0.05) is 12.6 Å². The maximum atomic E-state index is 14.0. The largest absolute Gasteiger partial charge is 0.460 e. The number of amides is 1. The minimum absolute atomic E-state index is 0.0228. The highest BCUT2D eigenvalue weighted by Gasteiger charge is 2.20. The average Bonchev–Trinajstić information content (AvgIpc) is 2.44. The number of likely N-dealkylation sites (N-methyl/N-ethyl adjacent to an activating group) is 1. The second-order valence-corrected chi connectivity index (χ2v) is 4.92. The van der Waals surface area contributed by atoms with E-state index in [-0.39, 0.29) is 24.8 Å². The third-order valence-electron chi connectivity index (χ3n) is 2.76. The lowest BCUT2D eigenvalue weighted by Crippen LogP contribution is -2.30. The van der Waals surface area contributed by atoms with Crippen LogP contribution in [0.15, 0.2) is 18.2 Å². The zero-order chi connectivity index (χ0) is 16.7. The summed E-state index contributed by atoms with van der Waals surface area (Å²) in [7, 11) is 3.07. The second kappa shape index (κ2) is 8.33. The van der Waals surface area contributed by atoms with Gasteiger partial charge >= 0.3 is 12.1 Å². The topological polar surface area (TPSA) is 67.9 Å². The molecule has 1 aromatic carbocycles. The van der Waals surface area contributed by atoms with Crippen LogP contribution in [-0.4, -0.2) is 38.8 Å². The quantitative estimate of drug-likeness (QED) is 0.815. The Bertz CT molecular complexity index is 534. The Morgan fingerprint density at radius 1 is 1.36 bits per heavy atom. The van der Waals surface area contributed by atoms with Crippen molar-refractivity contribution in [3.63, 3.8) is 0 Å². The molecule has 22 heavy (non-hydrogen) atoms. The van der Waals surface area contributed by atoms with E-state index in [9.17, 15) is 14.0 Å². The van der Waals surface area contributed by atoms with E-state index in [1.807, 2.05) is 0 Å². The number of nitrogens with zero attached hydrogens (tertiary/aromatic N) is 1. The number of halogens is 1. The fraction of sp³-hybridized carbons (Fsp3) is 0.467. The van der Waals surface area contributed by atoms with E-state index < -0.39 is 17.9 Å². The van der Waals surface area contributed by atoms with E-state index >= 15 is 0 Å². The average molecular weight is 312 g/mol. The smallest absolute Gasteiger partial charge is 0.414 e. The molecule has 0 unspecified atom stereocenters. The van der Waals surface area contributed by atoms with Crippen LogP contribution in [0.4, 0.5) is 14.9 Å². The molecule has 0 aromatic heterocycles. The van der Waals surface area contributed by atoms with Gasteiger partial charge in [-0.1, -0.05) is 6.07 Å². The summed E-state index contributed by atoms with van der Waals surface area (Å²) in [5, 5.41) is 2.64. The van der Waals surface area contributed by atoms with Crippen molar-refractivity contribution in [3.05, 3.63) is 29.6 Å². The van der Waals surface area contributed by atoms with Crippen LogP contribution in [0.1, 0.15) is 19.4 Å². The van der Waals surface area contributed by atoms with Crippen LogP contribution in [0.3, 0.4) is 0 Å². The number of nitrogens with one attached hydrogen (secondary N) is 1. The van der Waals surface area contributed by atoms with E-state index in [4.69, 9.17) is 9.47 Å². The fourth-order valence-corrected chi connectivity index (χ4v) is 1.73. The van der Waals surface area contributed by atoms with Crippen molar-refractivity contribution >= 4 is 17.7 Å². The van der Waals surface area contributed by atoms with Crippen molar-refractivity contribution in [3.8, 4) is 0 Å². The summed E-state index contributed by atoms with van der Waals surface area (Å²) in [6, 6.07) is 4.28. The van der Waals surface area contributed by atoms with E-state index in [2.05, 4.69) is 5.32 Å². The predicted molar refractivity (Wildman–Crippen MR) is 80.1 cm³/mol. The third-order valence-corrected chi connectivity index (χ3v) is 2.76. The van der Waals surface area contributed by atoms with Crippen molar-refractivity contribution < 1.29 is 23.5 Å². The van der Waals surface area contributed by atoms with E-state index in [0.29, 0.717) is 5.69 Å². The van der Waals surface area contributed by atoms with Crippen LogP contribution >= 0.6 is 0 Å². The number of rotatable bonds is 6. The van der Waals surface area contributed by atoms with Crippen molar-refractivity contribution in [1.29, 1.82) is 0 Å². The molecule has 0 spiro atoms. The molecule has 0 fully saturated rings. The zero-order valence-corrected chi connectivity index (χ0v) is 13.2. The highest BCUT2D eigenvalue weighted by atomic mass is 19.1. The Balaban J connectivity index is 2.93. The summed E-state index contributed by atoms with van der Waals surface area (Å²) < 4.78 is 24.0. The van der Waals surface area contributed by atoms with Crippen LogP contribution in [0, 0.1) is 5.82 Å². The summed E-state index contributed by atoms with van der Waals surface area (Å²) in [6.45, 7) is 3.20. The Hall–Kier alpha value is -2.15. The molecular weight excluding hydrogens is 291 g/mol. The molecule has 1 aromatic rings. The minimum Gasteiger partial charge on any atom is -0.460 e. The van der Waals surface area contributed by atoms with Crippen LogP contribution in [0.25, 0.3) is 0 Å². The molecule has 0 saturated heterocycles. The lowest BCUT2D eigenvalue weighted by Gasteiger charge is -2.21. The van der Waals surface area contributed by atoms with Crippen LogP contribution in [0.2, 0.25) is 0 Å². The number of ether oxygens (including phenoxy) is 2. The molecule has 122 valence electrons. The first-order valence-corrected chi connectivity index (χ1v) is 6.88. The molecule has 1 rings (SSSR count). The first-order valence-electron chi connectivity index (χ1n) is 6.88. The highest BCUT2D eigenvalue weighted by molar-refractivity contribution is 5.88. The van der Waals surface area contributed by atoms with Gasteiger partial charge in [0.15, 0.2) is 0 Å². The molecule has 0 aliphatic carbocycles. The Morgan fingerprint density at radius 2 is 2.05 bits per heavy atom. The fourth-order valence-electron chi connectivity index (χ4n) is 1.73. The third kappa shape index (κ3) is 5.00. The zero-order valence-electron chi connectivity index (χ0n) is 13.2. The summed E-state index contributed by atoms with van der Waals surface area (Å²) in [6.07, 6.45) is -0.899. The number of anilines is 1. The number of carbonyl (C=O) groups is 2.